The van der Waals surface area contributed by atoms with Gasteiger partial charge in [-0.2, -0.15) is 0 Å². The van der Waals surface area contributed by atoms with Gasteiger partial charge in [0.2, 0.25) is 0 Å². The van der Waals surface area contributed by atoms with E-state index in [1.165, 1.54) is 173 Å². The van der Waals surface area contributed by atoms with Crippen LogP contribution in [0.1, 0.15) is 290 Å². The van der Waals surface area contributed by atoms with Gasteiger partial charge in [-0.15, -0.1) is 0 Å². The minimum atomic E-state index is -0.772. The maximum absolute atomic E-state index is 12.8. The van der Waals surface area contributed by atoms with E-state index in [1.54, 1.807) is 0 Å². The first-order chi connectivity index (χ1) is 30.0. The van der Waals surface area contributed by atoms with Crippen LogP contribution in [0.3, 0.4) is 0 Å². The molecule has 0 aromatic rings. The van der Waals surface area contributed by atoms with E-state index in [2.05, 4.69) is 45.1 Å². The topological polar surface area (TPSA) is 78.9 Å². The van der Waals surface area contributed by atoms with Gasteiger partial charge in [0.25, 0.3) is 0 Å². The fourth-order valence-corrected chi connectivity index (χ4v) is 7.89. The van der Waals surface area contributed by atoms with E-state index in [1.807, 2.05) is 0 Å². The summed E-state index contributed by atoms with van der Waals surface area (Å²) in [4.78, 5) is 38.0. The van der Waals surface area contributed by atoms with Crippen LogP contribution in [-0.4, -0.2) is 37.2 Å². The molecule has 0 aliphatic carbocycles. The van der Waals surface area contributed by atoms with Gasteiger partial charge in [-0.25, -0.2) is 0 Å². The second-order valence-corrected chi connectivity index (χ2v) is 18.2. The molecule has 358 valence electrons. The van der Waals surface area contributed by atoms with Crippen molar-refractivity contribution in [3.8, 4) is 0 Å². The van der Waals surface area contributed by atoms with E-state index < -0.39 is 6.10 Å². The molecule has 0 unspecified atom stereocenters. The number of ether oxygens (including phenoxy) is 3. The quantitative estimate of drug-likeness (QED) is 0.0262. The molecule has 0 aliphatic heterocycles. The average molecular weight is 859 g/mol. The Hall–Kier alpha value is -2.11. The minimum absolute atomic E-state index is 0.0720. The number of carbonyl (C=O) groups is 3. The van der Waals surface area contributed by atoms with E-state index in [4.69, 9.17) is 14.2 Å². The molecule has 0 rings (SSSR count). The van der Waals surface area contributed by atoms with E-state index in [9.17, 15) is 14.4 Å². The van der Waals surface area contributed by atoms with Gasteiger partial charge >= 0.3 is 17.9 Å². The highest BCUT2D eigenvalue weighted by Crippen LogP contribution is 2.16. The van der Waals surface area contributed by atoms with Gasteiger partial charge < -0.3 is 14.2 Å². The molecule has 0 aliphatic rings. The standard InChI is InChI=1S/C55H102O6/c1-4-7-10-13-16-19-22-24-26-27-29-30-33-36-39-42-45-48-54(57)60-51-52(50-59-53(56)47-44-41-38-35-32-21-18-15-12-9-6-3)61-55(58)49-46-43-40-37-34-31-28-25-23-20-17-14-11-8-5-2/h17,20,25,28,52H,4-16,18-19,21-24,26-27,29-51H2,1-3H3/b20-17-,28-25-/t52-/m0/s1. The Morgan fingerprint density at radius 2 is 0.590 bits per heavy atom. The number of hydrogen-bond acceptors (Lipinski definition) is 6. The van der Waals surface area contributed by atoms with Gasteiger partial charge in [0, 0.05) is 19.3 Å². The van der Waals surface area contributed by atoms with Crippen LogP contribution < -0.4 is 0 Å². The number of carbonyl (C=O) groups excluding carboxylic acids is 3. The fraction of sp³-hybridized carbons (Fsp3) is 0.873. The van der Waals surface area contributed by atoms with E-state index >= 15 is 0 Å². The number of esters is 3. The molecule has 0 heterocycles. The predicted octanol–water partition coefficient (Wildman–Crippen LogP) is 17.5. The smallest absolute Gasteiger partial charge is 0.306 e. The molecule has 0 bridgehead atoms. The Morgan fingerprint density at radius 1 is 0.328 bits per heavy atom. The van der Waals surface area contributed by atoms with Crippen molar-refractivity contribution < 1.29 is 28.6 Å². The summed E-state index contributed by atoms with van der Waals surface area (Å²) in [7, 11) is 0. The third kappa shape index (κ3) is 48.8. The van der Waals surface area contributed by atoms with Gasteiger partial charge in [0.1, 0.15) is 13.2 Å². The summed E-state index contributed by atoms with van der Waals surface area (Å²) >= 11 is 0. The van der Waals surface area contributed by atoms with Crippen LogP contribution in [0.2, 0.25) is 0 Å². The fourth-order valence-electron chi connectivity index (χ4n) is 7.89. The van der Waals surface area contributed by atoms with Crippen LogP contribution in [0, 0.1) is 0 Å². The van der Waals surface area contributed by atoms with Crippen LogP contribution in [0.15, 0.2) is 24.3 Å². The lowest BCUT2D eigenvalue weighted by atomic mass is 10.0. The third-order valence-corrected chi connectivity index (χ3v) is 12.0. The van der Waals surface area contributed by atoms with Crippen molar-refractivity contribution in [3.63, 3.8) is 0 Å². The summed E-state index contributed by atoms with van der Waals surface area (Å²) in [5.74, 6) is -0.871. The number of unbranched alkanes of at least 4 members (excludes halogenated alkanes) is 34. The summed E-state index contributed by atoms with van der Waals surface area (Å²) in [6.45, 7) is 6.63. The molecule has 0 spiro atoms. The second kappa shape index (κ2) is 50.5. The highest BCUT2D eigenvalue weighted by Gasteiger charge is 2.19. The molecular weight excluding hydrogens is 757 g/mol. The highest BCUT2D eigenvalue weighted by molar-refractivity contribution is 5.71. The molecular formula is C55H102O6. The van der Waals surface area contributed by atoms with Crippen molar-refractivity contribution in [2.75, 3.05) is 13.2 Å². The van der Waals surface area contributed by atoms with Gasteiger partial charge in [0.15, 0.2) is 6.10 Å². The Morgan fingerprint density at radius 3 is 0.934 bits per heavy atom. The van der Waals surface area contributed by atoms with E-state index in [-0.39, 0.29) is 31.1 Å². The Balaban J connectivity index is 4.32. The lowest BCUT2D eigenvalue weighted by molar-refractivity contribution is -0.167. The lowest BCUT2D eigenvalue weighted by Crippen LogP contribution is -2.30. The lowest BCUT2D eigenvalue weighted by Gasteiger charge is -2.18. The molecule has 0 amide bonds. The highest BCUT2D eigenvalue weighted by atomic mass is 16.6. The summed E-state index contributed by atoms with van der Waals surface area (Å²) in [5.41, 5.74) is 0. The van der Waals surface area contributed by atoms with Crippen molar-refractivity contribution in [1.82, 2.24) is 0 Å². The van der Waals surface area contributed by atoms with Crippen molar-refractivity contribution in [2.45, 2.75) is 297 Å². The molecule has 6 heteroatoms. The zero-order valence-corrected chi connectivity index (χ0v) is 40.9. The SMILES string of the molecule is CCCCC/C=C\C/C=C\CCCCCCCC(=O)O[C@@H](COC(=O)CCCCCCCCCCCCC)COC(=O)CCCCCCCCCCCCCCCCCCC. The summed E-state index contributed by atoms with van der Waals surface area (Å²) in [6.07, 6.45) is 57.3. The third-order valence-electron chi connectivity index (χ3n) is 12.0. The minimum Gasteiger partial charge on any atom is -0.462 e. The summed E-state index contributed by atoms with van der Waals surface area (Å²) in [6, 6.07) is 0. The molecule has 1 atom stereocenters. The Labute approximate surface area is 379 Å². The van der Waals surface area contributed by atoms with Crippen molar-refractivity contribution in [2.24, 2.45) is 0 Å². The normalized spacial score (nSPS) is 12.1. The molecule has 61 heavy (non-hydrogen) atoms. The summed E-state index contributed by atoms with van der Waals surface area (Å²) in [5, 5.41) is 0. The van der Waals surface area contributed by atoms with Crippen LogP contribution >= 0.6 is 0 Å². The second-order valence-electron chi connectivity index (χ2n) is 18.2. The first kappa shape index (κ1) is 58.9. The largest absolute Gasteiger partial charge is 0.462 e. The summed E-state index contributed by atoms with van der Waals surface area (Å²) < 4.78 is 16.8. The molecule has 0 saturated heterocycles. The predicted molar refractivity (Wildman–Crippen MR) is 261 cm³/mol. The Kier molecular flexibility index (Phi) is 48.8. The molecule has 0 aromatic carbocycles. The maximum atomic E-state index is 12.8. The molecule has 6 nitrogen and oxygen atoms in total. The molecule has 0 radical (unpaired) electrons. The number of rotatable bonds is 49. The van der Waals surface area contributed by atoms with Gasteiger partial charge in [-0.05, 0) is 51.4 Å². The monoisotopic (exact) mass is 859 g/mol. The zero-order valence-electron chi connectivity index (χ0n) is 40.9. The van der Waals surface area contributed by atoms with Gasteiger partial charge in [-0.1, -0.05) is 244 Å². The Bertz CT molecular complexity index is 989. The molecule has 0 aromatic heterocycles. The molecule has 0 fully saturated rings. The van der Waals surface area contributed by atoms with E-state index in [0.29, 0.717) is 19.3 Å². The van der Waals surface area contributed by atoms with Crippen molar-refractivity contribution in [3.05, 3.63) is 24.3 Å². The van der Waals surface area contributed by atoms with E-state index in [0.717, 1.165) is 77.0 Å². The maximum Gasteiger partial charge on any atom is 0.306 e. The first-order valence-electron chi connectivity index (χ1n) is 26.8. The number of allylic oxidation sites excluding steroid dienone is 4. The number of hydrogen-bond donors (Lipinski definition) is 0. The van der Waals surface area contributed by atoms with Crippen molar-refractivity contribution in [1.29, 1.82) is 0 Å². The van der Waals surface area contributed by atoms with Crippen LogP contribution in [0.5, 0.6) is 0 Å². The molecule has 0 N–H and O–H groups in total. The molecule has 0 saturated carbocycles. The van der Waals surface area contributed by atoms with Gasteiger partial charge in [0.05, 0.1) is 0 Å². The van der Waals surface area contributed by atoms with Crippen molar-refractivity contribution >= 4 is 17.9 Å². The first-order valence-corrected chi connectivity index (χ1v) is 26.8. The van der Waals surface area contributed by atoms with Crippen LogP contribution in [0.25, 0.3) is 0 Å². The zero-order chi connectivity index (χ0) is 44.4. The van der Waals surface area contributed by atoms with Crippen LogP contribution in [-0.2, 0) is 28.6 Å². The van der Waals surface area contributed by atoms with Crippen LogP contribution in [0.4, 0.5) is 0 Å². The van der Waals surface area contributed by atoms with Gasteiger partial charge in [-0.3, -0.25) is 14.4 Å². The average Bonchev–Trinajstić information content (AvgIpc) is 3.26.